The zero-order chi connectivity index (χ0) is 19.2. The molecule has 0 bridgehead atoms. The van der Waals surface area contributed by atoms with Crippen LogP contribution in [0, 0.1) is 18.3 Å². The lowest BCUT2D eigenvalue weighted by Crippen LogP contribution is -2.27. The van der Waals surface area contributed by atoms with Crippen molar-refractivity contribution in [2.75, 3.05) is 25.0 Å². The van der Waals surface area contributed by atoms with Crippen LogP contribution in [0.2, 0.25) is 0 Å². The number of anilines is 1. The van der Waals surface area contributed by atoms with E-state index in [0.29, 0.717) is 24.6 Å². The van der Waals surface area contributed by atoms with Crippen LogP contribution >= 0.6 is 11.3 Å². The molecular weight excluding hydrogens is 360 g/mol. The van der Waals surface area contributed by atoms with Crippen LogP contribution in [0.3, 0.4) is 0 Å². The first-order valence-electron chi connectivity index (χ1n) is 9.31. The number of nitrogens with one attached hydrogen (secondary N) is 1. The van der Waals surface area contributed by atoms with Crippen molar-refractivity contribution in [2.45, 2.75) is 45.4 Å². The maximum Gasteiger partial charge on any atom is 0.222 e. The van der Waals surface area contributed by atoms with Crippen molar-refractivity contribution >= 4 is 23.2 Å². The van der Waals surface area contributed by atoms with E-state index in [1.807, 2.05) is 24.1 Å². The highest BCUT2D eigenvalue weighted by Gasteiger charge is 2.22. The summed E-state index contributed by atoms with van der Waals surface area (Å²) in [5, 5.41) is 15.7. The van der Waals surface area contributed by atoms with Crippen LogP contribution in [0.15, 0.2) is 11.6 Å². The first-order valence-corrected chi connectivity index (χ1v) is 10.2. The standard InChI is InChI=1S/C19H24N6OS/c1-3-14-12-27-18(23-14)15(10-20)17-13(2)11-22-19(24-17)21-7-5-9-25-8-4-6-16(25)26/h11-12,15H,3-9H2,1-2H3,(H,21,22,24). The van der Waals surface area contributed by atoms with Gasteiger partial charge in [0.15, 0.2) is 0 Å². The van der Waals surface area contributed by atoms with Gasteiger partial charge in [-0.2, -0.15) is 5.26 Å². The molecular formula is C19H24N6OS. The van der Waals surface area contributed by atoms with Crippen LogP contribution < -0.4 is 5.32 Å². The lowest BCUT2D eigenvalue weighted by molar-refractivity contribution is -0.127. The summed E-state index contributed by atoms with van der Waals surface area (Å²) in [5.41, 5.74) is 2.57. The highest BCUT2D eigenvalue weighted by Crippen LogP contribution is 2.28. The molecule has 7 nitrogen and oxygen atoms in total. The van der Waals surface area contributed by atoms with Gasteiger partial charge in [-0.3, -0.25) is 4.79 Å². The van der Waals surface area contributed by atoms with Crippen molar-refractivity contribution in [1.82, 2.24) is 19.9 Å². The average Bonchev–Trinajstić information content (AvgIpc) is 3.31. The number of carbonyl (C=O) groups is 1. The van der Waals surface area contributed by atoms with Gasteiger partial charge < -0.3 is 10.2 Å². The largest absolute Gasteiger partial charge is 0.354 e. The van der Waals surface area contributed by atoms with Gasteiger partial charge in [-0.05, 0) is 31.7 Å². The first-order chi connectivity index (χ1) is 13.1. The molecule has 2 aromatic heterocycles. The molecule has 8 heteroatoms. The fourth-order valence-electron chi connectivity index (χ4n) is 3.09. The van der Waals surface area contributed by atoms with Crippen LogP contribution in [0.5, 0.6) is 0 Å². The number of aromatic nitrogens is 3. The van der Waals surface area contributed by atoms with Crippen molar-refractivity contribution in [3.8, 4) is 6.07 Å². The molecule has 0 radical (unpaired) electrons. The molecule has 1 N–H and O–H groups in total. The minimum Gasteiger partial charge on any atom is -0.354 e. The molecule has 2 aromatic rings. The predicted molar refractivity (Wildman–Crippen MR) is 105 cm³/mol. The van der Waals surface area contributed by atoms with Gasteiger partial charge in [0.1, 0.15) is 10.9 Å². The Kier molecular flexibility index (Phi) is 6.35. The lowest BCUT2D eigenvalue weighted by Gasteiger charge is -2.15. The zero-order valence-electron chi connectivity index (χ0n) is 15.7. The fraction of sp³-hybridized carbons (Fsp3) is 0.526. The predicted octanol–water partition coefficient (Wildman–Crippen LogP) is 2.88. The van der Waals surface area contributed by atoms with Gasteiger partial charge in [0.05, 0.1) is 17.5 Å². The molecule has 0 aromatic carbocycles. The molecule has 1 aliphatic heterocycles. The summed E-state index contributed by atoms with van der Waals surface area (Å²) in [6, 6.07) is 2.34. The van der Waals surface area contributed by atoms with Crippen LogP contribution in [0.1, 0.15) is 54.1 Å². The molecule has 3 rings (SSSR count). The Morgan fingerprint density at radius 1 is 1.44 bits per heavy atom. The third-order valence-corrected chi connectivity index (χ3v) is 5.61. The minimum atomic E-state index is -0.485. The van der Waals surface area contributed by atoms with Crippen LogP contribution in [-0.4, -0.2) is 45.4 Å². The Morgan fingerprint density at radius 3 is 2.96 bits per heavy atom. The number of rotatable bonds is 8. The summed E-state index contributed by atoms with van der Waals surface area (Å²) in [6.07, 6.45) is 5.07. The molecule has 1 saturated heterocycles. The van der Waals surface area contributed by atoms with E-state index >= 15 is 0 Å². The smallest absolute Gasteiger partial charge is 0.222 e. The third-order valence-electron chi connectivity index (χ3n) is 4.65. The Balaban J connectivity index is 1.64. The molecule has 0 spiro atoms. The van der Waals surface area contributed by atoms with Gasteiger partial charge >= 0.3 is 0 Å². The number of carbonyl (C=O) groups excluding carboxylic acids is 1. The summed E-state index contributed by atoms with van der Waals surface area (Å²) in [7, 11) is 0. The number of amides is 1. The summed E-state index contributed by atoms with van der Waals surface area (Å²) < 4.78 is 0. The van der Waals surface area contributed by atoms with E-state index in [-0.39, 0.29) is 5.91 Å². The number of likely N-dealkylation sites (tertiary alicyclic amines) is 1. The zero-order valence-corrected chi connectivity index (χ0v) is 16.6. The number of nitriles is 1. The number of hydrogen-bond acceptors (Lipinski definition) is 7. The molecule has 0 saturated carbocycles. The summed E-state index contributed by atoms with van der Waals surface area (Å²) in [4.78, 5) is 27.0. The van der Waals surface area contributed by atoms with Crippen LogP contribution in [0.25, 0.3) is 0 Å². The van der Waals surface area contributed by atoms with Crippen molar-refractivity contribution in [3.05, 3.63) is 33.5 Å². The molecule has 0 aliphatic carbocycles. The fourth-order valence-corrected chi connectivity index (χ4v) is 4.04. The Morgan fingerprint density at radius 2 is 2.30 bits per heavy atom. The topological polar surface area (TPSA) is 94.8 Å². The molecule has 1 amide bonds. The highest BCUT2D eigenvalue weighted by atomic mass is 32.1. The monoisotopic (exact) mass is 384 g/mol. The SMILES string of the molecule is CCc1csc(C(C#N)c2nc(NCCCN3CCCC3=O)ncc2C)n1. The lowest BCUT2D eigenvalue weighted by atomic mass is 10.0. The molecule has 1 aliphatic rings. The third kappa shape index (κ3) is 4.61. The Hall–Kier alpha value is -2.53. The molecule has 1 fully saturated rings. The molecule has 1 atom stereocenters. The van der Waals surface area contributed by atoms with E-state index < -0.39 is 5.92 Å². The highest BCUT2D eigenvalue weighted by molar-refractivity contribution is 7.09. The number of aryl methyl sites for hydroxylation is 2. The maximum atomic E-state index is 11.6. The van der Waals surface area contributed by atoms with Gasteiger partial charge in [0.2, 0.25) is 11.9 Å². The van der Waals surface area contributed by atoms with Gasteiger partial charge in [0, 0.05) is 37.6 Å². The van der Waals surface area contributed by atoms with Crippen molar-refractivity contribution in [3.63, 3.8) is 0 Å². The Bertz CT molecular complexity index is 843. The van der Waals surface area contributed by atoms with Crippen molar-refractivity contribution < 1.29 is 4.79 Å². The van der Waals surface area contributed by atoms with E-state index in [1.165, 1.54) is 11.3 Å². The van der Waals surface area contributed by atoms with Crippen LogP contribution in [0.4, 0.5) is 5.95 Å². The number of hydrogen-bond donors (Lipinski definition) is 1. The van der Waals surface area contributed by atoms with E-state index in [0.717, 1.165) is 48.6 Å². The Labute approximate surface area is 163 Å². The quantitative estimate of drug-likeness (QED) is 0.703. The second-order valence-electron chi connectivity index (χ2n) is 6.62. The average molecular weight is 385 g/mol. The van der Waals surface area contributed by atoms with Crippen LogP contribution in [-0.2, 0) is 11.2 Å². The summed E-state index contributed by atoms with van der Waals surface area (Å²) in [5.74, 6) is 0.271. The van der Waals surface area contributed by atoms with Gasteiger partial charge in [-0.15, -0.1) is 11.3 Å². The number of nitrogens with zero attached hydrogens (tertiary/aromatic N) is 5. The first kappa shape index (κ1) is 19.2. The second kappa shape index (κ2) is 8.91. The molecule has 27 heavy (non-hydrogen) atoms. The molecule has 142 valence electrons. The normalized spacial score (nSPS) is 15.0. The van der Waals surface area contributed by atoms with Gasteiger partial charge in [-0.25, -0.2) is 15.0 Å². The van der Waals surface area contributed by atoms with E-state index in [9.17, 15) is 10.1 Å². The van der Waals surface area contributed by atoms with Gasteiger partial charge in [0.25, 0.3) is 0 Å². The van der Waals surface area contributed by atoms with E-state index in [2.05, 4.69) is 26.3 Å². The van der Waals surface area contributed by atoms with Crippen molar-refractivity contribution in [2.24, 2.45) is 0 Å². The molecule has 1 unspecified atom stereocenters. The minimum absolute atomic E-state index is 0.246. The maximum absolute atomic E-state index is 11.6. The number of thiazole rings is 1. The van der Waals surface area contributed by atoms with E-state index in [1.54, 1.807) is 6.20 Å². The second-order valence-corrected chi connectivity index (χ2v) is 7.51. The molecule has 3 heterocycles. The summed E-state index contributed by atoms with van der Waals surface area (Å²) >= 11 is 1.50. The van der Waals surface area contributed by atoms with Gasteiger partial charge in [-0.1, -0.05) is 6.92 Å². The summed E-state index contributed by atoms with van der Waals surface area (Å²) in [6.45, 7) is 6.26. The van der Waals surface area contributed by atoms with E-state index in [4.69, 9.17) is 0 Å². The van der Waals surface area contributed by atoms with Crippen molar-refractivity contribution in [1.29, 1.82) is 5.26 Å².